The van der Waals surface area contributed by atoms with Gasteiger partial charge in [0.25, 0.3) is 0 Å². The maximum Gasteiger partial charge on any atom is 0.355 e. The quantitative estimate of drug-likeness (QED) is 0.483. The zero-order valence-corrected chi connectivity index (χ0v) is 16.3. The molecule has 0 atom stereocenters. The maximum atomic E-state index is 13.1. The normalized spacial score (nSPS) is 11.6. The van der Waals surface area contributed by atoms with E-state index in [4.69, 9.17) is 16.3 Å². The first-order valence-corrected chi connectivity index (χ1v) is 9.16. The van der Waals surface area contributed by atoms with Crippen molar-refractivity contribution >= 4 is 50.3 Å². The molecule has 4 rings (SSSR count). The summed E-state index contributed by atoms with van der Waals surface area (Å²) in [6.45, 7) is 7.49. The van der Waals surface area contributed by atoms with Crippen molar-refractivity contribution in [1.29, 1.82) is 0 Å². The van der Waals surface area contributed by atoms with E-state index >= 15 is 0 Å². The first kappa shape index (κ1) is 17.6. The summed E-state index contributed by atoms with van der Waals surface area (Å²) < 4.78 is 5.11. The molecule has 0 aliphatic rings. The molecule has 0 saturated carbocycles. The predicted molar refractivity (Wildman–Crippen MR) is 109 cm³/mol. The molecule has 4 aromatic rings. The molecule has 0 bridgehead atoms. The number of carbonyl (C=O) groups is 1. The van der Waals surface area contributed by atoms with Crippen LogP contribution >= 0.6 is 11.6 Å². The minimum absolute atomic E-state index is 0.161. The van der Waals surface area contributed by atoms with Gasteiger partial charge >= 0.3 is 5.97 Å². The number of esters is 1. The van der Waals surface area contributed by atoms with Crippen molar-refractivity contribution in [1.82, 2.24) is 9.97 Å². The number of aromatic amines is 2. The van der Waals surface area contributed by atoms with Gasteiger partial charge in [-0.3, -0.25) is 4.79 Å². The lowest BCUT2D eigenvalue weighted by atomic mass is 9.97. The number of fused-ring (bicyclic) bond motifs is 4. The molecule has 138 valence electrons. The fourth-order valence-electron chi connectivity index (χ4n) is 3.83. The molecule has 0 fully saturated rings. The van der Waals surface area contributed by atoms with Crippen LogP contribution in [-0.2, 0) is 4.74 Å². The van der Waals surface area contributed by atoms with Gasteiger partial charge in [-0.25, -0.2) is 4.79 Å². The first-order chi connectivity index (χ1) is 12.8. The summed E-state index contributed by atoms with van der Waals surface area (Å²) in [6.07, 6.45) is 0. The largest absolute Gasteiger partial charge is 0.461 e. The second-order valence-corrected chi connectivity index (χ2v) is 7.18. The van der Waals surface area contributed by atoms with E-state index in [1.165, 1.54) is 0 Å². The molecular weight excluding hydrogens is 364 g/mol. The minimum Gasteiger partial charge on any atom is -0.461 e. The van der Waals surface area contributed by atoms with Crippen molar-refractivity contribution < 1.29 is 9.53 Å². The summed E-state index contributed by atoms with van der Waals surface area (Å²) in [5.74, 6) is -0.520. The third-order valence-corrected chi connectivity index (χ3v) is 5.42. The van der Waals surface area contributed by atoms with Crippen LogP contribution in [-0.4, -0.2) is 22.5 Å². The van der Waals surface area contributed by atoms with Crippen LogP contribution in [0.4, 0.5) is 0 Å². The number of nitrogens with one attached hydrogen (secondary N) is 2. The third kappa shape index (κ3) is 2.46. The Morgan fingerprint density at radius 1 is 1.04 bits per heavy atom. The summed E-state index contributed by atoms with van der Waals surface area (Å²) in [4.78, 5) is 32.0. The molecule has 2 aromatic carbocycles. The molecule has 0 spiro atoms. The van der Waals surface area contributed by atoms with E-state index in [0.29, 0.717) is 21.5 Å². The highest BCUT2D eigenvalue weighted by Crippen LogP contribution is 2.36. The number of rotatable bonds is 2. The lowest BCUT2D eigenvalue weighted by molar-refractivity contribution is 0.0519. The van der Waals surface area contributed by atoms with Gasteiger partial charge in [-0.2, -0.15) is 0 Å². The van der Waals surface area contributed by atoms with Gasteiger partial charge in [0.15, 0.2) is 5.43 Å². The summed E-state index contributed by atoms with van der Waals surface area (Å²) in [5.41, 5.74) is 4.65. The van der Waals surface area contributed by atoms with Crippen LogP contribution in [0.5, 0.6) is 0 Å². The van der Waals surface area contributed by atoms with Crippen molar-refractivity contribution in [2.24, 2.45) is 0 Å². The van der Waals surface area contributed by atoms with Crippen LogP contribution < -0.4 is 5.43 Å². The van der Waals surface area contributed by atoms with E-state index in [0.717, 1.165) is 32.9 Å². The third-order valence-electron chi connectivity index (χ3n) is 5.18. The highest BCUT2D eigenvalue weighted by Gasteiger charge is 2.21. The summed E-state index contributed by atoms with van der Waals surface area (Å²) in [5, 5.41) is 3.21. The smallest absolute Gasteiger partial charge is 0.355 e. The molecule has 2 aromatic heterocycles. The lowest BCUT2D eigenvalue weighted by Gasteiger charge is -2.13. The van der Waals surface area contributed by atoms with Crippen molar-refractivity contribution in [3.8, 4) is 0 Å². The number of hydrogen-bond donors (Lipinski definition) is 2. The number of ether oxygens (including phenoxy) is 1. The zero-order valence-electron chi connectivity index (χ0n) is 15.5. The fraction of sp³-hybridized carbons (Fsp3) is 0.238. The Balaban J connectivity index is 2.22. The molecule has 2 N–H and O–H groups in total. The number of carbonyl (C=O) groups excluding carboxylic acids is 1. The van der Waals surface area contributed by atoms with E-state index < -0.39 is 5.97 Å². The van der Waals surface area contributed by atoms with Crippen LogP contribution in [0.2, 0.25) is 5.02 Å². The number of halogens is 1. The number of aromatic nitrogens is 2. The Bertz CT molecular complexity index is 1310. The average molecular weight is 383 g/mol. The van der Waals surface area contributed by atoms with Gasteiger partial charge in [0.1, 0.15) is 5.69 Å². The van der Waals surface area contributed by atoms with Crippen LogP contribution in [0, 0.1) is 20.8 Å². The van der Waals surface area contributed by atoms with Gasteiger partial charge in [-0.1, -0.05) is 11.6 Å². The Morgan fingerprint density at radius 2 is 1.70 bits per heavy atom. The number of pyridine rings is 1. The number of H-pyrrole nitrogens is 2. The lowest BCUT2D eigenvalue weighted by Crippen LogP contribution is -2.18. The Morgan fingerprint density at radius 3 is 2.41 bits per heavy atom. The molecule has 0 saturated heterocycles. The topological polar surface area (TPSA) is 75.0 Å². The summed E-state index contributed by atoms with van der Waals surface area (Å²) in [6, 6.07) is 5.67. The van der Waals surface area contributed by atoms with E-state index in [1.54, 1.807) is 13.8 Å². The molecule has 0 unspecified atom stereocenters. The average Bonchev–Trinajstić information content (AvgIpc) is 3.01. The number of benzene rings is 2. The molecule has 5 nitrogen and oxygen atoms in total. The van der Waals surface area contributed by atoms with Gasteiger partial charge in [0, 0.05) is 26.9 Å². The molecule has 2 heterocycles. The molecule has 27 heavy (non-hydrogen) atoms. The SMILES string of the molecule is CCOC(=O)c1[nH]c2c(C)c3c([nH]c4ccc(Cl)cc43)c(C)c2c(=O)c1C. The van der Waals surface area contributed by atoms with Crippen molar-refractivity contribution in [2.75, 3.05) is 6.61 Å². The highest BCUT2D eigenvalue weighted by molar-refractivity contribution is 6.32. The Kier molecular flexibility index (Phi) is 4.00. The molecular formula is C21H19ClN2O3. The van der Waals surface area contributed by atoms with Crippen molar-refractivity contribution in [3.05, 3.63) is 55.8 Å². The van der Waals surface area contributed by atoms with Crippen molar-refractivity contribution in [2.45, 2.75) is 27.7 Å². The fourth-order valence-corrected chi connectivity index (χ4v) is 4.00. The van der Waals surface area contributed by atoms with Crippen LogP contribution in [0.15, 0.2) is 23.0 Å². The van der Waals surface area contributed by atoms with E-state index in [1.807, 2.05) is 32.0 Å². The molecule has 6 heteroatoms. The number of aryl methyl sites for hydroxylation is 2. The molecule has 0 aliphatic heterocycles. The molecule has 0 radical (unpaired) electrons. The zero-order chi connectivity index (χ0) is 19.5. The van der Waals surface area contributed by atoms with Gasteiger partial charge in [-0.15, -0.1) is 0 Å². The highest BCUT2D eigenvalue weighted by atomic mass is 35.5. The summed E-state index contributed by atoms with van der Waals surface area (Å²) >= 11 is 6.20. The van der Waals surface area contributed by atoms with Gasteiger partial charge in [0.05, 0.1) is 23.0 Å². The standard InChI is InChI=1S/C21H19ClN2O3/c1-5-27-21(26)19-11(4)20(25)16-10(3)17-15(9(2)18(16)24-19)13-8-12(22)6-7-14(13)23-17/h6-8,23H,5H2,1-4H3,(H,24,25). The van der Waals surface area contributed by atoms with Crippen LogP contribution in [0.25, 0.3) is 32.7 Å². The number of hydrogen-bond acceptors (Lipinski definition) is 3. The van der Waals surface area contributed by atoms with Gasteiger partial charge < -0.3 is 14.7 Å². The first-order valence-electron chi connectivity index (χ1n) is 8.79. The van der Waals surface area contributed by atoms with Crippen LogP contribution in [0.1, 0.15) is 34.1 Å². The Hall–Kier alpha value is -2.79. The van der Waals surface area contributed by atoms with Gasteiger partial charge in [-0.05, 0) is 57.0 Å². The second-order valence-electron chi connectivity index (χ2n) is 6.74. The van der Waals surface area contributed by atoms with E-state index in [-0.39, 0.29) is 17.7 Å². The maximum absolute atomic E-state index is 13.1. The van der Waals surface area contributed by atoms with E-state index in [2.05, 4.69) is 9.97 Å². The predicted octanol–water partition coefficient (Wildman–Crippen LogP) is 4.92. The monoisotopic (exact) mass is 382 g/mol. The molecule has 0 amide bonds. The van der Waals surface area contributed by atoms with E-state index in [9.17, 15) is 9.59 Å². The minimum atomic E-state index is -0.520. The molecule has 0 aliphatic carbocycles. The van der Waals surface area contributed by atoms with Gasteiger partial charge in [0.2, 0.25) is 0 Å². The summed E-state index contributed by atoms with van der Waals surface area (Å²) in [7, 11) is 0. The second kappa shape index (κ2) is 6.13. The van der Waals surface area contributed by atoms with Crippen LogP contribution in [0.3, 0.4) is 0 Å². The van der Waals surface area contributed by atoms with Crippen molar-refractivity contribution in [3.63, 3.8) is 0 Å². The Labute approximate surface area is 160 Å².